The number of piperidine rings is 1. The molecule has 3 aromatic rings. The number of amides is 1. The van der Waals surface area contributed by atoms with E-state index in [-0.39, 0.29) is 23.3 Å². The van der Waals surface area contributed by atoms with Crippen LogP contribution in [0.3, 0.4) is 0 Å². The minimum absolute atomic E-state index is 0.0478. The van der Waals surface area contributed by atoms with Gasteiger partial charge in [-0.2, -0.15) is 10.4 Å². The molecule has 1 atom stereocenters. The molecule has 7 nitrogen and oxygen atoms in total. The molecular formula is C26H27FN6O. The number of nitrogens with two attached hydrogens (primary N) is 1. The summed E-state index contributed by atoms with van der Waals surface area (Å²) >= 11 is 0. The Morgan fingerprint density at radius 3 is 2.50 bits per heavy atom. The largest absolute Gasteiger partial charge is 0.371 e. The summed E-state index contributed by atoms with van der Waals surface area (Å²) in [7, 11) is 0. The van der Waals surface area contributed by atoms with Crippen molar-refractivity contribution in [2.45, 2.75) is 31.7 Å². The molecule has 1 aromatic heterocycles. The van der Waals surface area contributed by atoms with Crippen LogP contribution in [0.2, 0.25) is 0 Å². The normalized spacial score (nSPS) is 18.2. The zero-order valence-corrected chi connectivity index (χ0v) is 19.0. The molecule has 2 saturated heterocycles. The van der Waals surface area contributed by atoms with Gasteiger partial charge in [0.25, 0.3) is 5.91 Å². The molecule has 0 saturated carbocycles. The third-order valence-electron chi connectivity index (χ3n) is 6.61. The number of carbonyl (C=O) groups is 1. The molecule has 0 aliphatic carbocycles. The average molecular weight is 459 g/mol. The lowest BCUT2D eigenvalue weighted by atomic mass is 10.1. The molecule has 2 aromatic carbocycles. The molecule has 0 radical (unpaired) electrons. The SMILES string of the molecule is N#Cc1ccc(-c2cc(C(=O)N3CCCC(N)C3)nn2-c2ccc(N3CCCC3)cc2F)cc1. The van der Waals surface area contributed by atoms with Crippen LogP contribution < -0.4 is 10.6 Å². The number of benzene rings is 2. The number of rotatable bonds is 4. The number of nitriles is 1. The quantitative estimate of drug-likeness (QED) is 0.644. The number of hydrogen-bond acceptors (Lipinski definition) is 5. The van der Waals surface area contributed by atoms with Crippen LogP contribution in [0, 0.1) is 17.1 Å². The Bertz CT molecular complexity index is 1240. The first-order valence-corrected chi connectivity index (χ1v) is 11.7. The first kappa shape index (κ1) is 22.1. The van der Waals surface area contributed by atoms with E-state index in [4.69, 9.17) is 11.0 Å². The number of carbonyl (C=O) groups excluding carboxylic acids is 1. The highest BCUT2D eigenvalue weighted by molar-refractivity contribution is 5.93. The molecule has 0 spiro atoms. The van der Waals surface area contributed by atoms with Crippen molar-refractivity contribution >= 4 is 11.6 Å². The van der Waals surface area contributed by atoms with E-state index in [9.17, 15) is 4.79 Å². The van der Waals surface area contributed by atoms with Crippen LogP contribution in [-0.2, 0) is 0 Å². The lowest BCUT2D eigenvalue weighted by molar-refractivity contribution is 0.0702. The number of anilines is 1. The number of likely N-dealkylation sites (tertiary alicyclic amines) is 1. The molecule has 0 bridgehead atoms. The number of nitrogens with zero attached hydrogens (tertiary/aromatic N) is 5. The van der Waals surface area contributed by atoms with Gasteiger partial charge in [-0.3, -0.25) is 4.79 Å². The number of halogens is 1. The van der Waals surface area contributed by atoms with Crippen molar-refractivity contribution in [1.29, 1.82) is 5.26 Å². The Morgan fingerprint density at radius 2 is 1.82 bits per heavy atom. The Balaban J connectivity index is 1.56. The van der Waals surface area contributed by atoms with Gasteiger partial charge < -0.3 is 15.5 Å². The van der Waals surface area contributed by atoms with Gasteiger partial charge in [-0.25, -0.2) is 9.07 Å². The molecule has 2 aliphatic heterocycles. The summed E-state index contributed by atoms with van der Waals surface area (Å²) in [5.74, 6) is -0.612. The van der Waals surface area contributed by atoms with Crippen molar-refractivity contribution in [3.8, 4) is 23.0 Å². The van der Waals surface area contributed by atoms with Crippen LogP contribution in [0.15, 0.2) is 48.5 Å². The second-order valence-electron chi connectivity index (χ2n) is 9.00. The first-order chi connectivity index (χ1) is 16.5. The minimum atomic E-state index is -0.401. The van der Waals surface area contributed by atoms with Crippen LogP contribution in [0.1, 0.15) is 41.7 Å². The summed E-state index contributed by atoms with van der Waals surface area (Å²) in [6, 6.07) is 15.9. The topological polar surface area (TPSA) is 91.2 Å². The fourth-order valence-electron chi connectivity index (χ4n) is 4.79. The smallest absolute Gasteiger partial charge is 0.274 e. The molecule has 2 N–H and O–H groups in total. The third-order valence-corrected chi connectivity index (χ3v) is 6.61. The van der Waals surface area contributed by atoms with Crippen molar-refractivity contribution in [2.24, 2.45) is 5.73 Å². The van der Waals surface area contributed by atoms with Crippen molar-refractivity contribution in [3.63, 3.8) is 0 Å². The van der Waals surface area contributed by atoms with E-state index in [2.05, 4.69) is 16.1 Å². The molecular weight excluding hydrogens is 431 g/mol. The maximum atomic E-state index is 15.4. The molecule has 3 heterocycles. The van der Waals surface area contributed by atoms with Crippen LogP contribution in [-0.4, -0.2) is 52.8 Å². The molecule has 34 heavy (non-hydrogen) atoms. The lowest BCUT2D eigenvalue weighted by Gasteiger charge is -2.30. The van der Waals surface area contributed by atoms with E-state index in [1.54, 1.807) is 41.3 Å². The Morgan fingerprint density at radius 1 is 1.06 bits per heavy atom. The van der Waals surface area contributed by atoms with Crippen molar-refractivity contribution < 1.29 is 9.18 Å². The van der Waals surface area contributed by atoms with Gasteiger partial charge in [0.1, 0.15) is 5.69 Å². The summed E-state index contributed by atoms with van der Waals surface area (Å²) in [4.78, 5) is 17.1. The van der Waals surface area contributed by atoms with E-state index in [1.807, 2.05) is 6.07 Å². The standard InChI is InChI=1S/C26H27FN6O/c27-22-14-21(31-11-1-2-12-31)9-10-24(22)33-25(19-7-5-18(16-28)6-8-19)15-23(30-33)26(34)32-13-3-4-20(29)17-32/h5-10,14-15,20H,1-4,11-13,17,29H2. The van der Waals surface area contributed by atoms with Crippen LogP contribution >= 0.6 is 0 Å². The minimum Gasteiger partial charge on any atom is -0.371 e. The predicted molar refractivity (Wildman–Crippen MR) is 128 cm³/mol. The highest BCUT2D eigenvalue weighted by Crippen LogP contribution is 2.29. The van der Waals surface area contributed by atoms with Gasteiger partial charge >= 0.3 is 0 Å². The molecule has 1 amide bonds. The van der Waals surface area contributed by atoms with Crippen LogP contribution in [0.4, 0.5) is 10.1 Å². The van der Waals surface area contributed by atoms with Gasteiger partial charge in [0.05, 0.1) is 17.3 Å². The Kier molecular flexibility index (Phi) is 6.03. The summed E-state index contributed by atoms with van der Waals surface area (Å²) in [6.07, 6.45) is 3.96. The Hall–Kier alpha value is -3.70. The van der Waals surface area contributed by atoms with Gasteiger partial charge in [-0.1, -0.05) is 12.1 Å². The highest BCUT2D eigenvalue weighted by atomic mass is 19.1. The summed E-state index contributed by atoms with van der Waals surface area (Å²) in [5, 5.41) is 13.7. The van der Waals surface area contributed by atoms with Crippen molar-refractivity contribution in [1.82, 2.24) is 14.7 Å². The monoisotopic (exact) mass is 458 g/mol. The molecule has 174 valence electrons. The molecule has 2 fully saturated rings. The molecule has 2 aliphatic rings. The van der Waals surface area contributed by atoms with Crippen LogP contribution in [0.25, 0.3) is 16.9 Å². The van der Waals surface area contributed by atoms with E-state index in [0.717, 1.165) is 50.0 Å². The van der Waals surface area contributed by atoms with E-state index in [0.29, 0.717) is 24.3 Å². The first-order valence-electron chi connectivity index (χ1n) is 11.7. The van der Waals surface area contributed by atoms with E-state index < -0.39 is 5.82 Å². The number of aromatic nitrogens is 2. The van der Waals surface area contributed by atoms with Crippen LogP contribution in [0.5, 0.6) is 0 Å². The predicted octanol–water partition coefficient (Wildman–Crippen LogP) is 3.71. The fraction of sp³-hybridized carbons (Fsp3) is 0.346. The zero-order chi connectivity index (χ0) is 23.7. The van der Waals surface area contributed by atoms with Gasteiger partial charge in [-0.05, 0) is 62.1 Å². The van der Waals surface area contributed by atoms with Gasteiger partial charge in [-0.15, -0.1) is 0 Å². The van der Waals surface area contributed by atoms with Gasteiger partial charge in [0.2, 0.25) is 0 Å². The summed E-state index contributed by atoms with van der Waals surface area (Å²) < 4.78 is 16.9. The second-order valence-corrected chi connectivity index (χ2v) is 9.00. The second kappa shape index (κ2) is 9.27. The average Bonchev–Trinajstić information content (AvgIpc) is 3.54. The lowest BCUT2D eigenvalue weighted by Crippen LogP contribution is -2.45. The molecule has 8 heteroatoms. The fourth-order valence-corrected chi connectivity index (χ4v) is 4.79. The van der Waals surface area contributed by atoms with Crippen molar-refractivity contribution in [3.05, 3.63) is 65.6 Å². The molecule has 5 rings (SSSR count). The van der Waals surface area contributed by atoms with Gasteiger partial charge in [0, 0.05) is 43.5 Å². The summed E-state index contributed by atoms with van der Waals surface area (Å²) in [6.45, 7) is 2.96. The van der Waals surface area contributed by atoms with Crippen molar-refractivity contribution in [2.75, 3.05) is 31.1 Å². The summed E-state index contributed by atoms with van der Waals surface area (Å²) in [5.41, 5.74) is 9.29. The Labute approximate surface area is 198 Å². The third kappa shape index (κ3) is 4.27. The number of hydrogen-bond donors (Lipinski definition) is 1. The van der Waals surface area contributed by atoms with Gasteiger partial charge in [0.15, 0.2) is 11.5 Å². The molecule has 1 unspecified atom stereocenters. The van der Waals surface area contributed by atoms with E-state index >= 15 is 4.39 Å². The maximum Gasteiger partial charge on any atom is 0.274 e. The highest BCUT2D eigenvalue weighted by Gasteiger charge is 2.26. The zero-order valence-electron chi connectivity index (χ0n) is 19.0. The van der Waals surface area contributed by atoms with E-state index in [1.165, 1.54) is 10.7 Å². The maximum absolute atomic E-state index is 15.4.